The highest BCUT2D eigenvalue weighted by Crippen LogP contribution is 2.50. The molecule has 17 heavy (non-hydrogen) atoms. The number of ether oxygens (including phenoxy) is 2. The van der Waals surface area contributed by atoms with Gasteiger partial charge in [-0.2, -0.15) is 0 Å². The molecule has 0 radical (unpaired) electrons. The van der Waals surface area contributed by atoms with Gasteiger partial charge in [0.25, 0.3) is 0 Å². The van der Waals surface area contributed by atoms with E-state index in [0.717, 1.165) is 22.6 Å². The monoisotopic (exact) mass is 225 g/mol. The van der Waals surface area contributed by atoms with Crippen molar-refractivity contribution in [2.45, 2.75) is 12.0 Å². The lowest BCUT2D eigenvalue weighted by molar-refractivity contribution is 0.139. The van der Waals surface area contributed by atoms with Gasteiger partial charge in [0.2, 0.25) is 0 Å². The highest BCUT2D eigenvalue weighted by molar-refractivity contribution is 5.48. The predicted octanol–water partition coefficient (Wildman–Crippen LogP) is 3.30. The Morgan fingerprint density at radius 2 is 1.65 bits per heavy atom. The molecule has 2 aliphatic heterocycles. The summed E-state index contributed by atoms with van der Waals surface area (Å²) >= 11 is 0. The summed E-state index contributed by atoms with van der Waals surface area (Å²) in [5.41, 5.74) is 1.89. The number of hydrogen-bond acceptors (Lipinski definition) is 2. The van der Waals surface area contributed by atoms with Gasteiger partial charge in [-0.3, -0.25) is 0 Å². The molecular formula is C15H12O2. The van der Waals surface area contributed by atoms with Crippen LogP contribution in [0, 0.1) is 0 Å². The van der Waals surface area contributed by atoms with E-state index in [2.05, 4.69) is 0 Å². The average Bonchev–Trinajstić information content (AvgIpc) is 2.71. The zero-order valence-corrected chi connectivity index (χ0v) is 9.22. The summed E-state index contributed by atoms with van der Waals surface area (Å²) in [5.74, 6) is 1.51. The first-order valence-corrected chi connectivity index (χ1v) is 5.79. The molecule has 0 bridgehead atoms. The van der Waals surface area contributed by atoms with E-state index in [4.69, 9.17) is 10.8 Å². The highest BCUT2D eigenvalue weighted by atomic mass is 16.5. The van der Waals surface area contributed by atoms with Crippen LogP contribution >= 0.6 is 0 Å². The molecule has 2 aromatic rings. The topological polar surface area (TPSA) is 18.5 Å². The van der Waals surface area contributed by atoms with Crippen LogP contribution in [0.3, 0.4) is 0 Å². The van der Waals surface area contributed by atoms with Crippen LogP contribution in [-0.2, 0) is 0 Å². The molecule has 2 heterocycles. The molecular weight excluding hydrogens is 212 g/mol. The van der Waals surface area contributed by atoms with Crippen LogP contribution in [-0.4, -0.2) is 6.61 Å². The molecule has 0 N–H and O–H groups in total. The molecule has 4 rings (SSSR count). The largest absolute Gasteiger partial charge is 0.492 e. The van der Waals surface area contributed by atoms with Crippen LogP contribution in [0.2, 0.25) is 0 Å². The van der Waals surface area contributed by atoms with Crippen molar-refractivity contribution in [1.82, 2.24) is 0 Å². The number of rotatable bonds is 0. The van der Waals surface area contributed by atoms with Crippen molar-refractivity contribution in [2.75, 3.05) is 6.61 Å². The first-order valence-electron chi connectivity index (χ1n) is 6.29. The lowest BCUT2D eigenvalue weighted by Crippen LogP contribution is -2.22. The van der Waals surface area contributed by atoms with Crippen molar-refractivity contribution in [3.63, 3.8) is 0 Å². The second kappa shape index (κ2) is 3.27. The molecule has 2 nitrogen and oxygen atoms in total. The number of hydrogen-bond donors (Lipinski definition) is 0. The molecule has 0 aliphatic carbocycles. The number of fused-ring (bicyclic) bond motifs is 5. The minimum absolute atomic E-state index is 0.0522. The third kappa shape index (κ3) is 1.21. The first-order chi connectivity index (χ1) is 8.79. The maximum Gasteiger partial charge on any atom is 0.138 e. The average molecular weight is 225 g/mol. The Hall–Kier alpha value is -1.96. The van der Waals surface area contributed by atoms with Gasteiger partial charge in [-0.15, -0.1) is 0 Å². The van der Waals surface area contributed by atoms with E-state index in [-0.39, 0.29) is 5.92 Å². The van der Waals surface area contributed by atoms with E-state index >= 15 is 0 Å². The van der Waals surface area contributed by atoms with Gasteiger partial charge in [0.15, 0.2) is 0 Å². The highest BCUT2D eigenvalue weighted by Gasteiger charge is 2.40. The molecule has 84 valence electrons. The zero-order valence-electron chi connectivity index (χ0n) is 10.2. The van der Waals surface area contributed by atoms with Crippen LogP contribution in [0.4, 0.5) is 0 Å². The maximum atomic E-state index is 8.70. The maximum absolute atomic E-state index is 8.70. The minimum Gasteiger partial charge on any atom is -0.492 e. The molecule has 2 atom stereocenters. The Kier molecular flexibility index (Phi) is 1.57. The summed E-state index contributed by atoms with van der Waals surface area (Å²) in [5, 5.41) is 0. The molecule has 0 amide bonds. The van der Waals surface area contributed by atoms with Gasteiger partial charge in [-0.1, -0.05) is 36.4 Å². The molecule has 0 saturated carbocycles. The fourth-order valence-electron chi connectivity index (χ4n) is 2.57. The molecule has 0 unspecified atom stereocenters. The molecule has 0 aromatic heterocycles. The van der Waals surface area contributed by atoms with E-state index in [1.165, 1.54) is 0 Å². The summed E-state index contributed by atoms with van der Waals surface area (Å²) in [6.07, 6.45) is -1.04. The molecule has 2 heteroatoms. The van der Waals surface area contributed by atoms with Crippen molar-refractivity contribution in [1.29, 1.82) is 0 Å². The fourth-order valence-corrected chi connectivity index (χ4v) is 2.57. The van der Waals surface area contributed by atoms with Gasteiger partial charge in [0, 0.05) is 11.1 Å². The SMILES string of the molecule is [2H][C@]12Oc3ccccc3[C@H]1COc1ccccc12. The van der Waals surface area contributed by atoms with Crippen molar-refractivity contribution in [3.8, 4) is 11.5 Å². The summed E-state index contributed by atoms with van der Waals surface area (Å²) in [6, 6.07) is 15.5. The van der Waals surface area contributed by atoms with Gasteiger partial charge in [-0.05, 0) is 12.1 Å². The minimum atomic E-state index is -1.04. The normalized spacial score (nSPS) is 29.2. The van der Waals surface area contributed by atoms with Crippen molar-refractivity contribution in [2.24, 2.45) is 0 Å². The smallest absolute Gasteiger partial charge is 0.138 e. The van der Waals surface area contributed by atoms with E-state index < -0.39 is 6.08 Å². The Morgan fingerprint density at radius 3 is 2.53 bits per heavy atom. The zero-order chi connectivity index (χ0) is 12.2. The van der Waals surface area contributed by atoms with E-state index in [0.29, 0.717) is 6.61 Å². The third-order valence-electron chi connectivity index (χ3n) is 3.39. The fraction of sp³-hybridized carbons (Fsp3) is 0.200. The Labute approximate surface area is 101 Å². The van der Waals surface area contributed by atoms with Crippen LogP contribution in [0.5, 0.6) is 11.5 Å². The molecule has 0 fully saturated rings. The van der Waals surface area contributed by atoms with Crippen LogP contribution in [0.15, 0.2) is 48.5 Å². The molecule has 0 spiro atoms. The second-order valence-electron chi connectivity index (χ2n) is 4.36. The molecule has 2 aromatic carbocycles. The standard InChI is InChI=1S/C15H12O2/c1-4-8-14-10(5-1)12-9-16-13-7-3-2-6-11(13)15(12)17-14/h1-8,12,15H,9H2/t12-,15-/m1/s1/i15D. The van der Waals surface area contributed by atoms with Crippen molar-refractivity contribution >= 4 is 0 Å². The molecule has 2 aliphatic rings. The Bertz CT molecular complexity index is 625. The van der Waals surface area contributed by atoms with Crippen LogP contribution < -0.4 is 9.47 Å². The van der Waals surface area contributed by atoms with Gasteiger partial charge >= 0.3 is 0 Å². The lowest BCUT2D eigenvalue weighted by atomic mass is 9.89. The summed E-state index contributed by atoms with van der Waals surface area (Å²) in [6.45, 7) is 0.498. The van der Waals surface area contributed by atoms with E-state index in [9.17, 15) is 0 Å². The van der Waals surface area contributed by atoms with Crippen molar-refractivity contribution < 1.29 is 10.8 Å². The van der Waals surface area contributed by atoms with E-state index in [1.807, 2.05) is 48.5 Å². The van der Waals surface area contributed by atoms with Gasteiger partial charge < -0.3 is 9.47 Å². The predicted molar refractivity (Wildman–Crippen MR) is 64.5 cm³/mol. The van der Waals surface area contributed by atoms with Crippen molar-refractivity contribution in [3.05, 3.63) is 59.7 Å². The van der Waals surface area contributed by atoms with Crippen LogP contribution in [0.25, 0.3) is 0 Å². The van der Waals surface area contributed by atoms with Gasteiger partial charge in [0.05, 0.1) is 13.9 Å². The Morgan fingerprint density at radius 1 is 0.941 bits per heavy atom. The number of benzene rings is 2. The quantitative estimate of drug-likeness (QED) is 0.685. The first kappa shape index (κ1) is 8.18. The third-order valence-corrected chi connectivity index (χ3v) is 3.39. The number of para-hydroxylation sites is 2. The van der Waals surface area contributed by atoms with E-state index in [1.54, 1.807) is 0 Å². The molecule has 0 saturated heterocycles. The van der Waals surface area contributed by atoms with Crippen LogP contribution in [0.1, 0.15) is 24.5 Å². The van der Waals surface area contributed by atoms with Gasteiger partial charge in [-0.25, -0.2) is 0 Å². The summed E-state index contributed by atoms with van der Waals surface area (Å²) < 4.78 is 20.4. The summed E-state index contributed by atoms with van der Waals surface area (Å²) in [4.78, 5) is 0. The Balaban J connectivity index is 1.93. The lowest BCUT2D eigenvalue weighted by Gasteiger charge is -2.27. The second-order valence-corrected chi connectivity index (χ2v) is 4.36. The summed E-state index contributed by atoms with van der Waals surface area (Å²) in [7, 11) is 0. The van der Waals surface area contributed by atoms with Gasteiger partial charge in [0.1, 0.15) is 17.6 Å².